The van der Waals surface area contributed by atoms with Gasteiger partial charge in [0.15, 0.2) is 0 Å². The van der Waals surface area contributed by atoms with E-state index in [1.807, 2.05) is 13.0 Å². The van der Waals surface area contributed by atoms with Gasteiger partial charge in [0.25, 0.3) is 0 Å². The van der Waals surface area contributed by atoms with Crippen LogP contribution in [-0.4, -0.2) is 32.9 Å². The average molecular weight is 251 g/mol. The van der Waals surface area contributed by atoms with Crippen molar-refractivity contribution in [2.75, 3.05) is 32.9 Å². The molecule has 0 atom stereocenters. The van der Waals surface area contributed by atoms with Gasteiger partial charge in [-0.05, 0) is 38.4 Å². The lowest BCUT2D eigenvalue weighted by molar-refractivity contribution is 0.138. The number of likely N-dealkylation sites (N-methyl/N-ethyl adjacent to an activating group) is 1. The van der Waals surface area contributed by atoms with Crippen LogP contribution < -0.4 is 10.1 Å². The molecule has 0 heterocycles. The molecule has 1 aromatic carbocycles. The van der Waals surface area contributed by atoms with E-state index in [4.69, 9.17) is 9.47 Å². The maximum atomic E-state index is 5.62. The van der Waals surface area contributed by atoms with Gasteiger partial charge in [-0.2, -0.15) is 0 Å². The third-order valence-corrected chi connectivity index (χ3v) is 2.70. The zero-order valence-electron chi connectivity index (χ0n) is 11.8. The summed E-state index contributed by atoms with van der Waals surface area (Å²) in [6.07, 6.45) is 0.906. The standard InChI is InChI=1S/C15H25NO2/c1-4-16-9-11-17-10-8-14-12-13(3)6-7-15(14)18-5-2/h6-7,12,16H,4-5,8-11H2,1-3H3. The third kappa shape index (κ3) is 5.52. The number of hydrogen-bond acceptors (Lipinski definition) is 3. The van der Waals surface area contributed by atoms with E-state index >= 15 is 0 Å². The normalized spacial score (nSPS) is 10.6. The molecule has 3 nitrogen and oxygen atoms in total. The van der Waals surface area contributed by atoms with E-state index in [1.54, 1.807) is 0 Å². The van der Waals surface area contributed by atoms with Gasteiger partial charge < -0.3 is 14.8 Å². The number of nitrogens with one attached hydrogen (secondary N) is 1. The summed E-state index contributed by atoms with van der Waals surface area (Å²) < 4.78 is 11.2. The first-order valence-electron chi connectivity index (χ1n) is 6.78. The highest BCUT2D eigenvalue weighted by Gasteiger charge is 2.03. The SMILES string of the molecule is CCNCCOCCc1cc(C)ccc1OCC. The van der Waals surface area contributed by atoms with E-state index in [1.165, 1.54) is 11.1 Å². The molecule has 0 aliphatic rings. The van der Waals surface area contributed by atoms with Crippen LogP contribution in [0.4, 0.5) is 0 Å². The Balaban J connectivity index is 2.37. The van der Waals surface area contributed by atoms with Crippen LogP contribution in [0.3, 0.4) is 0 Å². The van der Waals surface area contributed by atoms with Crippen LogP contribution >= 0.6 is 0 Å². The van der Waals surface area contributed by atoms with Crippen molar-refractivity contribution < 1.29 is 9.47 Å². The first-order valence-corrected chi connectivity index (χ1v) is 6.78. The molecule has 0 bridgehead atoms. The largest absolute Gasteiger partial charge is 0.494 e. The maximum Gasteiger partial charge on any atom is 0.122 e. The number of aryl methyl sites for hydroxylation is 1. The van der Waals surface area contributed by atoms with Gasteiger partial charge in [0, 0.05) is 6.54 Å². The molecule has 102 valence electrons. The lowest BCUT2D eigenvalue weighted by Gasteiger charge is -2.11. The molecule has 1 aromatic rings. The van der Waals surface area contributed by atoms with Crippen LogP contribution in [0, 0.1) is 6.92 Å². The molecule has 0 spiro atoms. The van der Waals surface area contributed by atoms with E-state index in [-0.39, 0.29) is 0 Å². The Hall–Kier alpha value is -1.06. The lowest BCUT2D eigenvalue weighted by Crippen LogP contribution is -2.19. The molecule has 3 heteroatoms. The van der Waals surface area contributed by atoms with Crippen LogP contribution in [0.25, 0.3) is 0 Å². The van der Waals surface area contributed by atoms with Crippen LogP contribution in [0.15, 0.2) is 18.2 Å². The fourth-order valence-electron chi connectivity index (χ4n) is 1.81. The molecule has 0 saturated carbocycles. The van der Waals surface area contributed by atoms with Crippen molar-refractivity contribution >= 4 is 0 Å². The van der Waals surface area contributed by atoms with Crippen molar-refractivity contribution in [3.63, 3.8) is 0 Å². The Kier molecular flexibility index (Phi) is 7.46. The molecule has 0 fully saturated rings. The van der Waals surface area contributed by atoms with Crippen molar-refractivity contribution in [1.29, 1.82) is 0 Å². The Labute approximate surface area is 110 Å². The number of hydrogen-bond donors (Lipinski definition) is 1. The summed E-state index contributed by atoms with van der Waals surface area (Å²) in [6.45, 7) is 10.3. The van der Waals surface area contributed by atoms with E-state index in [0.29, 0.717) is 6.61 Å². The summed E-state index contributed by atoms with van der Waals surface area (Å²) in [7, 11) is 0. The van der Waals surface area contributed by atoms with Gasteiger partial charge in [-0.25, -0.2) is 0 Å². The van der Waals surface area contributed by atoms with Crippen LogP contribution in [-0.2, 0) is 11.2 Å². The maximum absolute atomic E-state index is 5.62. The quantitative estimate of drug-likeness (QED) is 0.684. The highest BCUT2D eigenvalue weighted by Crippen LogP contribution is 2.20. The minimum absolute atomic E-state index is 0.706. The fourth-order valence-corrected chi connectivity index (χ4v) is 1.81. The molecule has 1 rings (SSSR count). The van der Waals surface area contributed by atoms with Crippen LogP contribution in [0.2, 0.25) is 0 Å². The first-order chi connectivity index (χ1) is 8.77. The number of benzene rings is 1. The molecule has 0 radical (unpaired) electrons. The monoisotopic (exact) mass is 251 g/mol. The zero-order chi connectivity index (χ0) is 13.2. The molecular formula is C15H25NO2. The van der Waals surface area contributed by atoms with Gasteiger partial charge in [-0.1, -0.05) is 24.6 Å². The topological polar surface area (TPSA) is 30.5 Å². The van der Waals surface area contributed by atoms with Crippen molar-refractivity contribution in [2.24, 2.45) is 0 Å². The minimum atomic E-state index is 0.706. The van der Waals surface area contributed by atoms with Gasteiger partial charge in [0.2, 0.25) is 0 Å². The molecule has 0 aliphatic carbocycles. The first kappa shape index (κ1) is 15.0. The van der Waals surface area contributed by atoms with Gasteiger partial charge in [-0.15, -0.1) is 0 Å². The fraction of sp³-hybridized carbons (Fsp3) is 0.600. The van der Waals surface area contributed by atoms with E-state index in [9.17, 15) is 0 Å². The van der Waals surface area contributed by atoms with Gasteiger partial charge >= 0.3 is 0 Å². The molecule has 0 aliphatic heterocycles. The van der Waals surface area contributed by atoms with Crippen LogP contribution in [0.1, 0.15) is 25.0 Å². The van der Waals surface area contributed by atoms with E-state index < -0.39 is 0 Å². The Morgan fingerprint density at radius 2 is 2.00 bits per heavy atom. The predicted octanol–water partition coefficient (Wildman–Crippen LogP) is 2.56. The Morgan fingerprint density at radius 1 is 1.17 bits per heavy atom. The summed E-state index contributed by atoms with van der Waals surface area (Å²) in [5, 5.41) is 3.24. The second-order valence-corrected chi connectivity index (χ2v) is 4.26. The number of ether oxygens (including phenoxy) is 2. The van der Waals surface area contributed by atoms with E-state index in [0.717, 1.165) is 38.5 Å². The smallest absolute Gasteiger partial charge is 0.122 e. The Bertz CT molecular complexity index is 339. The van der Waals surface area contributed by atoms with Gasteiger partial charge in [0.05, 0.1) is 19.8 Å². The second-order valence-electron chi connectivity index (χ2n) is 4.26. The highest BCUT2D eigenvalue weighted by atomic mass is 16.5. The average Bonchev–Trinajstić information content (AvgIpc) is 2.37. The molecule has 18 heavy (non-hydrogen) atoms. The van der Waals surface area contributed by atoms with Crippen molar-refractivity contribution in [3.05, 3.63) is 29.3 Å². The van der Waals surface area contributed by atoms with Crippen molar-refractivity contribution in [3.8, 4) is 5.75 Å². The lowest BCUT2D eigenvalue weighted by atomic mass is 10.1. The summed E-state index contributed by atoms with van der Waals surface area (Å²) >= 11 is 0. The van der Waals surface area contributed by atoms with Gasteiger partial charge in [0.1, 0.15) is 5.75 Å². The summed E-state index contributed by atoms with van der Waals surface area (Å²) in [5.74, 6) is 0.985. The second kappa shape index (κ2) is 8.95. The number of rotatable bonds is 9. The molecule has 0 saturated heterocycles. The summed E-state index contributed by atoms with van der Waals surface area (Å²) in [5.41, 5.74) is 2.50. The highest BCUT2D eigenvalue weighted by molar-refractivity contribution is 5.37. The van der Waals surface area contributed by atoms with Crippen molar-refractivity contribution in [1.82, 2.24) is 5.32 Å². The molecular weight excluding hydrogens is 226 g/mol. The predicted molar refractivity (Wildman–Crippen MR) is 75.4 cm³/mol. The third-order valence-electron chi connectivity index (χ3n) is 2.70. The molecule has 0 amide bonds. The summed E-state index contributed by atoms with van der Waals surface area (Å²) in [6, 6.07) is 6.31. The van der Waals surface area contributed by atoms with Crippen LogP contribution in [0.5, 0.6) is 5.75 Å². The molecule has 0 unspecified atom stereocenters. The van der Waals surface area contributed by atoms with Gasteiger partial charge in [-0.3, -0.25) is 0 Å². The Morgan fingerprint density at radius 3 is 2.72 bits per heavy atom. The zero-order valence-corrected chi connectivity index (χ0v) is 11.8. The van der Waals surface area contributed by atoms with E-state index in [2.05, 4.69) is 31.3 Å². The molecule has 0 aromatic heterocycles. The molecule has 1 N–H and O–H groups in total. The summed E-state index contributed by atoms with van der Waals surface area (Å²) in [4.78, 5) is 0. The van der Waals surface area contributed by atoms with Crippen molar-refractivity contribution in [2.45, 2.75) is 27.2 Å². The minimum Gasteiger partial charge on any atom is -0.494 e.